The maximum Gasteiger partial charge on any atom is 0.519 e. The van der Waals surface area contributed by atoms with E-state index in [1.807, 2.05) is 48.5 Å². The highest BCUT2D eigenvalue weighted by atomic mass is 16.8. The average molecular weight is 672 g/mol. The van der Waals surface area contributed by atoms with Gasteiger partial charge in [-0.3, -0.25) is 14.4 Å². The van der Waals surface area contributed by atoms with Gasteiger partial charge < -0.3 is 34.9 Å². The molecule has 4 rings (SSSR count). The molecule has 0 saturated heterocycles. The highest BCUT2D eigenvalue weighted by Gasteiger charge is 2.46. The quantitative estimate of drug-likeness (QED) is 0.195. The lowest BCUT2D eigenvalue weighted by molar-refractivity contribution is -0.164. The number of aliphatic carboxylic acids is 2. The molecule has 264 valence electrons. The van der Waals surface area contributed by atoms with Gasteiger partial charge in [-0.05, 0) is 97.4 Å². The molecule has 0 aliphatic heterocycles. The Hall–Kier alpha value is -4.45. The zero-order valence-corrected chi connectivity index (χ0v) is 29.3. The average Bonchev–Trinajstić information content (AvgIpc) is 3.44. The van der Waals surface area contributed by atoms with E-state index >= 15 is 0 Å². The third-order valence-electron chi connectivity index (χ3n) is 7.03. The van der Waals surface area contributed by atoms with Gasteiger partial charge >= 0.3 is 30.2 Å². The van der Waals surface area contributed by atoms with Crippen molar-refractivity contribution >= 4 is 30.2 Å². The second-order valence-electron chi connectivity index (χ2n) is 15.1. The Labute approximate surface area is 281 Å². The molecule has 12 heteroatoms. The van der Waals surface area contributed by atoms with Gasteiger partial charge in [-0.25, -0.2) is 9.59 Å². The minimum atomic E-state index is -1.08. The van der Waals surface area contributed by atoms with Crippen molar-refractivity contribution in [1.82, 2.24) is 0 Å². The summed E-state index contributed by atoms with van der Waals surface area (Å²) >= 11 is 0. The summed E-state index contributed by atoms with van der Waals surface area (Å²) in [6.07, 6.45) is -0.547. The van der Waals surface area contributed by atoms with Crippen LogP contribution in [0, 0.1) is 5.41 Å². The van der Waals surface area contributed by atoms with Crippen molar-refractivity contribution in [3.05, 3.63) is 70.8 Å². The Morgan fingerprint density at radius 1 is 0.604 bits per heavy atom. The predicted molar refractivity (Wildman–Crippen MR) is 176 cm³/mol. The monoisotopic (exact) mass is 671 g/mol. The van der Waals surface area contributed by atoms with E-state index in [1.165, 1.54) is 0 Å². The summed E-state index contributed by atoms with van der Waals surface area (Å²) < 4.78 is 19.1. The minimum Gasteiger partial charge on any atom is -0.481 e. The number of carboxylic acid groups (broad SMARTS) is 2. The van der Waals surface area contributed by atoms with Gasteiger partial charge in [0.2, 0.25) is 0 Å². The van der Waals surface area contributed by atoms with Gasteiger partial charge in [-0.1, -0.05) is 48.5 Å². The number of esters is 1. The van der Waals surface area contributed by atoms with Crippen LogP contribution in [0.15, 0.2) is 48.5 Å². The Bertz CT molecular complexity index is 1420. The number of hydrogen-bond donors (Lipinski definition) is 3. The summed E-state index contributed by atoms with van der Waals surface area (Å²) in [7, 11) is 0. The van der Waals surface area contributed by atoms with Gasteiger partial charge in [0.1, 0.15) is 22.3 Å². The molecule has 2 aromatic carbocycles. The summed E-state index contributed by atoms with van der Waals surface area (Å²) in [4.78, 5) is 56.6. The van der Waals surface area contributed by atoms with Gasteiger partial charge in [0.15, 0.2) is 0 Å². The molecule has 0 spiro atoms. The van der Waals surface area contributed by atoms with Crippen molar-refractivity contribution in [3.63, 3.8) is 0 Å². The number of carbonyl (C=O) groups excluding carboxylic acids is 3. The first-order valence-corrected chi connectivity index (χ1v) is 15.6. The largest absolute Gasteiger partial charge is 0.519 e. The maximum absolute atomic E-state index is 12.0. The third kappa shape index (κ3) is 12.6. The van der Waals surface area contributed by atoms with Crippen LogP contribution in [0.5, 0.6) is 0 Å². The van der Waals surface area contributed by atoms with Crippen molar-refractivity contribution in [2.75, 3.05) is 0 Å². The van der Waals surface area contributed by atoms with E-state index in [1.54, 1.807) is 62.3 Å². The molecule has 2 aliphatic carbocycles. The zero-order valence-electron chi connectivity index (χ0n) is 29.3. The van der Waals surface area contributed by atoms with Crippen molar-refractivity contribution in [2.24, 2.45) is 11.1 Å². The SMILES string of the molecule is CC(C)(C)OC(=O)CC1(C(=O)O)Cc2ccccc2C1.CC(C)(C)OC(=O)OC(=O)OC(C)(C)C.NC1(C(=O)O)Cc2ccccc2C1. The zero-order chi connectivity index (χ0) is 36.7. The molecular weight excluding hydrogens is 622 g/mol. The van der Waals surface area contributed by atoms with Gasteiger partial charge in [0, 0.05) is 12.8 Å². The van der Waals surface area contributed by atoms with E-state index < -0.39 is 58.0 Å². The van der Waals surface area contributed by atoms with Crippen LogP contribution in [0.1, 0.15) is 91.0 Å². The molecule has 48 heavy (non-hydrogen) atoms. The summed E-state index contributed by atoms with van der Waals surface area (Å²) in [6.45, 7) is 15.4. The highest BCUT2D eigenvalue weighted by molar-refractivity contribution is 5.84. The number of hydrogen-bond acceptors (Lipinski definition) is 10. The Morgan fingerprint density at radius 2 is 0.938 bits per heavy atom. The lowest BCUT2D eigenvalue weighted by atomic mass is 9.81. The molecule has 0 aromatic heterocycles. The molecule has 12 nitrogen and oxygen atoms in total. The van der Waals surface area contributed by atoms with Gasteiger partial charge in [0.25, 0.3) is 0 Å². The van der Waals surface area contributed by atoms with Crippen LogP contribution in [0.4, 0.5) is 9.59 Å². The van der Waals surface area contributed by atoms with Crippen LogP contribution in [-0.2, 0) is 59.0 Å². The van der Waals surface area contributed by atoms with E-state index in [0.29, 0.717) is 25.7 Å². The first-order valence-electron chi connectivity index (χ1n) is 15.6. The normalized spacial score (nSPS) is 15.5. The number of nitrogens with two attached hydrogens (primary N) is 1. The molecule has 0 unspecified atom stereocenters. The molecule has 0 radical (unpaired) electrons. The van der Waals surface area contributed by atoms with Crippen molar-refractivity contribution in [1.29, 1.82) is 0 Å². The lowest BCUT2D eigenvalue weighted by Crippen LogP contribution is -2.48. The Morgan fingerprint density at radius 3 is 1.23 bits per heavy atom. The van der Waals surface area contributed by atoms with Crippen molar-refractivity contribution in [3.8, 4) is 0 Å². The number of carboxylic acids is 2. The van der Waals surface area contributed by atoms with Gasteiger partial charge in [-0.2, -0.15) is 0 Å². The third-order valence-corrected chi connectivity index (χ3v) is 7.03. The fraction of sp³-hybridized carbons (Fsp3) is 0.528. The fourth-order valence-electron chi connectivity index (χ4n) is 5.11. The molecule has 0 fully saturated rings. The van der Waals surface area contributed by atoms with Crippen LogP contribution in [0.2, 0.25) is 0 Å². The minimum absolute atomic E-state index is 0.0890. The van der Waals surface area contributed by atoms with E-state index in [-0.39, 0.29) is 6.42 Å². The summed E-state index contributed by atoms with van der Waals surface area (Å²) in [6, 6.07) is 15.3. The fourth-order valence-corrected chi connectivity index (χ4v) is 5.11. The molecular formula is C36H49NO11. The number of rotatable bonds is 4. The molecule has 0 bridgehead atoms. The van der Waals surface area contributed by atoms with Crippen molar-refractivity contribution < 1.29 is 53.1 Å². The molecule has 0 atom stereocenters. The lowest BCUT2D eigenvalue weighted by Gasteiger charge is -2.26. The number of benzene rings is 2. The molecule has 0 saturated carbocycles. The van der Waals surface area contributed by atoms with E-state index in [0.717, 1.165) is 22.3 Å². The smallest absolute Gasteiger partial charge is 0.481 e. The van der Waals surface area contributed by atoms with Crippen LogP contribution < -0.4 is 5.73 Å². The highest BCUT2D eigenvalue weighted by Crippen LogP contribution is 2.40. The van der Waals surface area contributed by atoms with Crippen LogP contribution in [-0.4, -0.2) is 62.8 Å². The van der Waals surface area contributed by atoms with Crippen LogP contribution in [0.3, 0.4) is 0 Å². The topological polar surface area (TPSA) is 189 Å². The van der Waals surface area contributed by atoms with Crippen LogP contribution >= 0.6 is 0 Å². The first kappa shape index (κ1) is 39.7. The molecule has 0 amide bonds. The second-order valence-corrected chi connectivity index (χ2v) is 15.1. The Balaban J connectivity index is 0.000000257. The number of carbonyl (C=O) groups is 5. The molecule has 0 heterocycles. The van der Waals surface area contributed by atoms with E-state index in [4.69, 9.17) is 25.1 Å². The van der Waals surface area contributed by atoms with E-state index in [9.17, 15) is 29.1 Å². The van der Waals surface area contributed by atoms with E-state index in [2.05, 4.69) is 4.74 Å². The maximum atomic E-state index is 12.0. The summed E-state index contributed by atoms with van der Waals surface area (Å²) in [5, 5.41) is 18.5. The molecule has 4 N–H and O–H groups in total. The van der Waals surface area contributed by atoms with Crippen LogP contribution in [0.25, 0.3) is 0 Å². The summed E-state index contributed by atoms with van der Waals surface area (Å²) in [5.74, 6) is -2.30. The summed E-state index contributed by atoms with van der Waals surface area (Å²) in [5.41, 5.74) is 5.77. The molecule has 2 aliphatic rings. The number of fused-ring (bicyclic) bond motifs is 2. The number of ether oxygens (including phenoxy) is 4. The van der Waals surface area contributed by atoms with Gasteiger partial charge in [-0.15, -0.1) is 0 Å². The Kier molecular flexibility index (Phi) is 12.6. The standard InChI is InChI=1S/C16H20O4.C10H11NO2.C10H18O5/c1-15(2,3)20-13(17)10-16(14(18)19)8-11-6-4-5-7-12(11)9-16;11-10(9(12)13)5-7-3-1-2-4-8(7)6-10;1-9(2,3)14-7(11)13-8(12)15-10(4,5)6/h4-7H,8-10H2,1-3H3,(H,18,19);1-4H,5-6,11H2,(H,12,13);1-6H3. The second kappa shape index (κ2) is 15.2. The first-order chi connectivity index (χ1) is 21.8. The predicted octanol–water partition coefficient (Wildman–Crippen LogP) is 6.03. The van der Waals surface area contributed by atoms with Gasteiger partial charge in [0.05, 0.1) is 11.8 Å². The van der Waals surface area contributed by atoms with Crippen molar-refractivity contribution in [2.45, 2.75) is 117 Å². The molecule has 2 aromatic rings.